The van der Waals surface area contributed by atoms with Crippen molar-refractivity contribution in [1.29, 1.82) is 0 Å². The quantitative estimate of drug-likeness (QED) is 0.806. The molecular formula is C21H28N2O2. The van der Waals surface area contributed by atoms with Crippen molar-refractivity contribution in [3.8, 4) is 0 Å². The summed E-state index contributed by atoms with van der Waals surface area (Å²) in [5.74, 6) is 0.000971. The Morgan fingerprint density at radius 2 is 2.12 bits per heavy atom. The fourth-order valence-corrected chi connectivity index (χ4v) is 3.89. The van der Waals surface area contributed by atoms with Crippen LogP contribution < -0.4 is 5.32 Å². The molecule has 1 unspecified atom stereocenters. The second-order valence-electron chi connectivity index (χ2n) is 7.01. The largest absolute Gasteiger partial charge is 0.354 e. The highest BCUT2D eigenvalue weighted by Crippen LogP contribution is 2.30. The molecule has 0 spiro atoms. The first kappa shape index (κ1) is 17.7. The number of hydrogen-bond acceptors (Lipinski definition) is 2. The molecule has 2 amide bonds. The van der Waals surface area contributed by atoms with Gasteiger partial charge >= 0.3 is 0 Å². The predicted molar refractivity (Wildman–Crippen MR) is 99.1 cm³/mol. The molecule has 25 heavy (non-hydrogen) atoms. The van der Waals surface area contributed by atoms with Crippen LogP contribution in [0.3, 0.4) is 0 Å². The number of nitrogens with zero attached hydrogens (tertiary/aromatic N) is 1. The molecule has 3 rings (SSSR count). The lowest BCUT2D eigenvalue weighted by Crippen LogP contribution is -2.47. The third-order valence-corrected chi connectivity index (χ3v) is 5.17. The highest BCUT2D eigenvalue weighted by atomic mass is 16.2. The zero-order valence-corrected chi connectivity index (χ0v) is 15.1. The molecule has 1 aliphatic carbocycles. The van der Waals surface area contributed by atoms with Gasteiger partial charge in [0.25, 0.3) is 0 Å². The van der Waals surface area contributed by atoms with Crippen LogP contribution in [0.4, 0.5) is 0 Å². The number of amides is 2. The number of carbonyl (C=O) groups is 2. The Hall–Kier alpha value is -2.10. The van der Waals surface area contributed by atoms with Crippen LogP contribution in [0.15, 0.2) is 35.9 Å². The molecular weight excluding hydrogens is 312 g/mol. The van der Waals surface area contributed by atoms with Crippen LogP contribution in [-0.4, -0.2) is 29.8 Å². The lowest BCUT2D eigenvalue weighted by molar-refractivity contribution is -0.141. The first-order valence-electron chi connectivity index (χ1n) is 9.53. The van der Waals surface area contributed by atoms with Crippen molar-refractivity contribution in [3.63, 3.8) is 0 Å². The average molecular weight is 340 g/mol. The highest BCUT2D eigenvalue weighted by Gasteiger charge is 2.36. The predicted octanol–water partition coefficient (Wildman–Crippen LogP) is 3.53. The molecule has 0 saturated carbocycles. The molecule has 0 bridgehead atoms. The number of hydrogen-bond donors (Lipinski definition) is 1. The second kappa shape index (κ2) is 8.32. The van der Waals surface area contributed by atoms with Crippen molar-refractivity contribution in [2.75, 3.05) is 13.1 Å². The van der Waals surface area contributed by atoms with Gasteiger partial charge < -0.3 is 10.2 Å². The van der Waals surface area contributed by atoms with Crippen LogP contribution in [0.5, 0.6) is 0 Å². The summed E-state index contributed by atoms with van der Waals surface area (Å²) in [6.07, 6.45) is 9.34. The molecule has 4 heteroatoms. The fraction of sp³-hybridized carbons (Fsp3) is 0.524. The molecule has 1 aromatic carbocycles. The van der Waals surface area contributed by atoms with E-state index in [0.29, 0.717) is 19.5 Å². The van der Waals surface area contributed by atoms with Crippen molar-refractivity contribution >= 4 is 11.8 Å². The smallest absolute Gasteiger partial charge is 0.247 e. The van der Waals surface area contributed by atoms with Crippen LogP contribution >= 0.6 is 0 Å². The zero-order valence-electron chi connectivity index (χ0n) is 15.1. The van der Waals surface area contributed by atoms with Gasteiger partial charge in [-0.05, 0) is 49.7 Å². The number of fused-ring (bicyclic) bond motifs is 1. The van der Waals surface area contributed by atoms with Gasteiger partial charge in [-0.3, -0.25) is 9.59 Å². The van der Waals surface area contributed by atoms with Gasteiger partial charge in [-0.2, -0.15) is 0 Å². The van der Waals surface area contributed by atoms with Crippen LogP contribution in [0.1, 0.15) is 62.6 Å². The third kappa shape index (κ3) is 4.12. The van der Waals surface area contributed by atoms with Gasteiger partial charge in [-0.15, -0.1) is 0 Å². The topological polar surface area (TPSA) is 49.4 Å². The van der Waals surface area contributed by atoms with E-state index >= 15 is 0 Å². The van der Waals surface area contributed by atoms with E-state index < -0.39 is 6.04 Å². The van der Waals surface area contributed by atoms with Crippen molar-refractivity contribution in [3.05, 3.63) is 47.0 Å². The third-order valence-electron chi connectivity index (χ3n) is 5.17. The normalized spacial score (nSPS) is 20.0. The van der Waals surface area contributed by atoms with Crippen LogP contribution in [0, 0.1) is 0 Å². The minimum Gasteiger partial charge on any atom is -0.354 e. The maximum Gasteiger partial charge on any atom is 0.247 e. The van der Waals surface area contributed by atoms with E-state index in [2.05, 4.69) is 11.4 Å². The molecule has 1 atom stereocenters. The lowest BCUT2D eigenvalue weighted by Gasteiger charge is -2.36. The van der Waals surface area contributed by atoms with E-state index in [1.807, 2.05) is 31.2 Å². The zero-order chi connectivity index (χ0) is 17.6. The summed E-state index contributed by atoms with van der Waals surface area (Å²) in [6, 6.07) is 7.35. The summed E-state index contributed by atoms with van der Waals surface area (Å²) in [5.41, 5.74) is 3.41. The summed E-state index contributed by atoms with van der Waals surface area (Å²) < 4.78 is 0. The molecule has 1 aliphatic heterocycles. The SMILES string of the molecule is CCCN1C(=O)Cc2ccccc2C1C(=O)NCCC1=CCCCC1. The standard InChI is InChI=1S/C21H28N2O2/c1-2-14-23-19(24)15-17-10-6-7-11-18(17)20(23)21(25)22-13-12-16-8-4-3-5-9-16/h6-8,10-11,20H,2-5,9,12-15H2,1H3,(H,22,25). The van der Waals surface area contributed by atoms with Crippen molar-refractivity contribution in [1.82, 2.24) is 10.2 Å². The van der Waals surface area contributed by atoms with E-state index in [4.69, 9.17) is 0 Å². The molecule has 0 fully saturated rings. The summed E-state index contributed by atoms with van der Waals surface area (Å²) in [6.45, 7) is 3.31. The van der Waals surface area contributed by atoms with E-state index in [1.165, 1.54) is 18.4 Å². The molecule has 1 heterocycles. The summed E-state index contributed by atoms with van der Waals surface area (Å²) in [4.78, 5) is 27.2. The van der Waals surface area contributed by atoms with Crippen LogP contribution in [-0.2, 0) is 16.0 Å². The summed E-state index contributed by atoms with van der Waals surface area (Å²) in [7, 11) is 0. The average Bonchev–Trinajstić information content (AvgIpc) is 2.63. The molecule has 0 radical (unpaired) electrons. The molecule has 134 valence electrons. The van der Waals surface area contributed by atoms with Gasteiger partial charge in [0, 0.05) is 13.1 Å². The Bertz CT molecular complexity index is 666. The number of benzene rings is 1. The first-order valence-corrected chi connectivity index (χ1v) is 9.53. The van der Waals surface area contributed by atoms with E-state index in [1.54, 1.807) is 4.90 Å². The van der Waals surface area contributed by atoms with Gasteiger partial charge in [0.05, 0.1) is 6.42 Å². The van der Waals surface area contributed by atoms with Gasteiger partial charge in [0.15, 0.2) is 0 Å². The van der Waals surface area contributed by atoms with Crippen molar-refractivity contribution in [2.45, 2.75) is 57.9 Å². The number of rotatable bonds is 6. The molecule has 1 N–H and O–H groups in total. The maximum absolute atomic E-state index is 12.9. The Labute approximate surface area is 150 Å². The van der Waals surface area contributed by atoms with E-state index in [0.717, 1.165) is 36.8 Å². The number of nitrogens with one attached hydrogen (secondary N) is 1. The Balaban J connectivity index is 1.71. The number of allylic oxidation sites excluding steroid dienone is 1. The van der Waals surface area contributed by atoms with Crippen molar-refractivity contribution < 1.29 is 9.59 Å². The van der Waals surface area contributed by atoms with Crippen molar-refractivity contribution in [2.24, 2.45) is 0 Å². The number of carbonyl (C=O) groups excluding carboxylic acids is 2. The van der Waals surface area contributed by atoms with Gasteiger partial charge in [0.2, 0.25) is 11.8 Å². The molecule has 2 aliphatic rings. The maximum atomic E-state index is 12.9. The molecule has 0 aromatic heterocycles. The Morgan fingerprint density at radius 3 is 2.88 bits per heavy atom. The van der Waals surface area contributed by atoms with Crippen LogP contribution in [0.2, 0.25) is 0 Å². The van der Waals surface area contributed by atoms with Gasteiger partial charge in [-0.25, -0.2) is 0 Å². The highest BCUT2D eigenvalue weighted by molar-refractivity contribution is 5.92. The second-order valence-corrected chi connectivity index (χ2v) is 7.01. The minimum atomic E-state index is -0.488. The Morgan fingerprint density at radius 1 is 1.28 bits per heavy atom. The summed E-state index contributed by atoms with van der Waals surface area (Å²) in [5, 5.41) is 3.08. The summed E-state index contributed by atoms with van der Waals surface area (Å²) >= 11 is 0. The van der Waals surface area contributed by atoms with E-state index in [-0.39, 0.29) is 11.8 Å². The van der Waals surface area contributed by atoms with E-state index in [9.17, 15) is 9.59 Å². The van der Waals surface area contributed by atoms with Crippen LogP contribution in [0.25, 0.3) is 0 Å². The molecule has 4 nitrogen and oxygen atoms in total. The van der Waals surface area contributed by atoms with Gasteiger partial charge in [-0.1, -0.05) is 42.8 Å². The minimum absolute atomic E-state index is 0.0506. The molecule has 1 aromatic rings. The fourth-order valence-electron chi connectivity index (χ4n) is 3.89. The van der Waals surface area contributed by atoms with Gasteiger partial charge in [0.1, 0.15) is 6.04 Å². The molecule has 0 saturated heterocycles. The Kier molecular flexibility index (Phi) is 5.90. The monoisotopic (exact) mass is 340 g/mol. The first-order chi connectivity index (χ1) is 12.2. The lowest BCUT2D eigenvalue weighted by atomic mass is 9.91.